The van der Waals surface area contributed by atoms with Crippen molar-refractivity contribution in [3.05, 3.63) is 87.3 Å². The van der Waals surface area contributed by atoms with Crippen molar-refractivity contribution < 1.29 is 21.6 Å². The van der Waals surface area contributed by atoms with E-state index in [1.807, 2.05) is 0 Å². The summed E-state index contributed by atoms with van der Waals surface area (Å²) in [5.41, 5.74) is -5.47. The van der Waals surface area contributed by atoms with Gasteiger partial charge in [0.2, 0.25) is 5.43 Å². The molecular formula is C20H11Cl2F3N4O3S. The van der Waals surface area contributed by atoms with E-state index in [0.29, 0.717) is 5.69 Å². The van der Waals surface area contributed by atoms with Crippen molar-refractivity contribution in [3.8, 4) is 22.8 Å². The van der Waals surface area contributed by atoms with Gasteiger partial charge in [-0.05, 0) is 36.4 Å². The molecule has 7 nitrogen and oxygen atoms in total. The maximum atomic E-state index is 12.9. The topological polar surface area (TPSA) is 86.8 Å². The van der Waals surface area contributed by atoms with Crippen LogP contribution in [0.3, 0.4) is 0 Å². The first-order valence-corrected chi connectivity index (χ1v) is 11.2. The molecule has 170 valence electrons. The minimum Gasteiger partial charge on any atom is -0.287 e. The number of hydrogen-bond acceptors (Lipinski definition) is 5. The van der Waals surface area contributed by atoms with E-state index >= 15 is 0 Å². The molecule has 2 aromatic carbocycles. The number of sulfone groups is 1. The first-order valence-electron chi connectivity index (χ1n) is 9.01. The number of hydrogen-bond donors (Lipinski definition) is 0. The Morgan fingerprint density at radius 1 is 0.970 bits per heavy atom. The van der Waals surface area contributed by atoms with Gasteiger partial charge in [-0.1, -0.05) is 35.3 Å². The molecule has 0 saturated heterocycles. The zero-order valence-electron chi connectivity index (χ0n) is 16.2. The van der Waals surface area contributed by atoms with Gasteiger partial charge < -0.3 is 0 Å². The monoisotopic (exact) mass is 514 g/mol. The smallest absolute Gasteiger partial charge is 0.287 e. The third-order valence-corrected chi connectivity index (χ3v) is 6.84. The number of aromatic nitrogens is 4. The summed E-state index contributed by atoms with van der Waals surface area (Å²) < 4.78 is 64.8. The fourth-order valence-electron chi connectivity index (χ4n) is 2.99. The molecular weight excluding hydrogens is 504 g/mol. The lowest BCUT2D eigenvalue weighted by Gasteiger charge is -2.12. The third kappa shape index (κ3) is 4.14. The predicted octanol–water partition coefficient (Wildman–Crippen LogP) is 4.69. The summed E-state index contributed by atoms with van der Waals surface area (Å²) in [6.07, 6.45) is 2.61. The van der Waals surface area contributed by atoms with Gasteiger partial charge in [0.05, 0.1) is 38.2 Å². The molecule has 2 heterocycles. The van der Waals surface area contributed by atoms with E-state index in [0.717, 1.165) is 28.9 Å². The second kappa shape index (κ2) is 8.32. The Morgan fingerprint density at radius 3 is 2.42 bits per heavy atom. The van der Waals surface area contributed by atoms with Crippen LogP contribution in [0.15, 0.2) is 76.7 Å². The van der Waals surface area contributed by atoms with Crippen LogP contribution in [-0.2, 0) is 9.84 Å². The first-order chi connectivity index (χ1) is 15.5. The predicted molar refractivity (Wildman–Crippen MR) is 116 cm³/mol. The van der Waals surface area contributed by atoms with Gasteiger partial charge in [-0.2, -0.15) is 23.4 Å². The highest BCUT2D eigenvalue weighted by molar-refractivity contribution is 7.92. The molecule has 13 heteroatoms. The van der Waals surface area contributed by atoms with Crippen molar-refractivity contribution in [2.45, 2.75) is 10.4 Å². The lowest BCUT2D eigenvalue weighted by Crippen LogP contribution is -2.23. The molecule has 0 N–H and O–H groups in total. The van der Waals surface area contributed by atoms with Gasteiger partial charge in [0, 0.05) is 12.3 Å². The molecule has 0 spiro atoms. The molecule has 33 heavy (non-hydrogen) atoms. The molecule has 4 rings (SSSR count). The molecule has 0 atom stereocenters. The SMILES string of the molecule is O=c1ccn(-c2cccc(S(=O)(=O)C(F)(F)F)c2)nc1-c1ccnn1-c1cccc(Cl)c1Cl. The molecule has 0 aliphatic heterocycles. The van der Waals surface area contributed by atoms with Crippen LogP contribution >= 0.6 is 23.2 Å². The molecule has 0 unspecified atom stereocenters. The molecule has 0 saturated carbocycles. The molecule has 0 bridgehead atoms. The van der Waals surface area contributed by atoms with Crippen LogP contribution in [0.2, 0.25) is 10.0 Å². The summed E-state index contributed by atoms with van der Waals surface area (Å²) in [4.78, 5) is 11.6. The van der Waals surface area contributed by atoms with E-state index in [1.54, 1.807) is 18.2 Å². The lowest BCUT2D eigenvalue weighted by molar-refractivity contribution is -0.0436. The van der Waals surface area contributed by atoms with Gasteiger partial charge in [0.15, 0.2) is 5.69 Å². The second-order valence-corrected chi connectivity index (χ2v) is 9.35. The first kappa shape index (κ1) is 23.0. The Morgan fingerprint density at radius 2 is 1.70 bits per heavy atom. The summed E-state index contributed by atoms with van der Waals surface area (Å²) in [5, 5.41) is 8.81. The second-order valence-electron chi connectivity index (χ2n) is 6.62. The van der Waals surface area contributed by atoms with Crippen LogP contribution in [-0.4, -0.2) is 33.5 Å². The van der Waals surface area contributed by atoms with Crippen molar-refractivity contribution in [2.75, 3.05) is 0 Å². The highest BCUT2D eigenvalue weighted by Crippen LogP contribution is 2.32. The average Bonchev–Trinajstić information content (AvgIpc) is 3.24. The maximum absolute atomic E-state index is 12.9. The van der Waals surface area contributed by atoms with Crippen molar-refractivity contribution >= 4 is 33.0 Å². The Kier molecular flexibility index (Phi) is 5.81. The van der Waals surface area contributed by atoms with Gasteiger partial charge in [0.1, 0.15) is 0 Å². The van der Waals surface area contributed by atoms with Crippen LogP contribution in [0.25, 0.3) is 22.8 Å². The summed E-state index contributed by atoms with van der Waals surface area (Å²) in [6.45, 7) is 0. The van der Waals surface area contributed by atoms with Gasteiger partial charge in [-0.15, -0.1) is 0 Å². The standard InChI is InChI=1S/C20H11Cl2F3N4O3S/c21-14-5-2-6-15(18(14)22)29-16(7-9-26-29)19-17(30)8-10-28(27-19)12-3-1-4-13(11-12)33(31,32)20(23,24)25/h1-11H. The van der Waals surface area contributed by atoms with E-state index < -0.39 is 25.7 Å². The van der Waals surface area contributed by atoms with Gasteiger partial charge in [-0.3, -0.25) is 4.79 Å². The van der Waals surface area contributed by atoms with Crippen molar-refractivity contribution in [3.63, 3.8) is 0 Å². The van der Waals surface area contributed by atoms with Crippen LogP contribution in [0, 0.1) is 0 Å². The molecule has 4 aromatic rings. The van der Waals surface area contributed by atoms with E-state index in [4.69, 9.17) is 23.2 Å². The highest BCUT2D eigenvalue weighted by Gasteiger charge is 2.46. The molecule has 2 aromatic heterocycles. The van der Waals surface area contributed by atoms with Crippen molar-refractivity contribution in [2.24, 2.45) is 0 Å². The van der Waals surface area contributed by atoms with Crippen LogP contribution in [0.5, 0.6) is 0 Å². The number of benzene rings is 2. The van der Waals surface area contributed by atoms with Crippen molar-refractivity contribution in [1.82, 2.24) is 19.6 Å². The van der Waals surface area contributed by atoms with Crippen molar-refractivity contribution in [1.29, 1.82) is 0 Å². The van der Waals surface area contributed by atoms with Crippen LogP contribution < -0.4 is 5.43 Å². The van der Waals surface area contributed by atoms with Gasteiger partial charge in [-0.25, -0.2) is 17.8 Å². The zero-order valence-corrected chi connectivity index (χ0v) is 18.5. The third-order valence-electron chi connectivity index (χ3n) is 4.55. The maximum Gasteiger partial charge on any atom is 0.501 e. The molecule has 0 amide bonds. The van der Waals surface area contributed by atoms with E-state index in [1.165, 1.54) is 29.2 Å². The van der Waals surface area contributed by atoms with E-state index in [-0.39, 0.29) is 27.1 Å². The highest BCUT2D eigenvalue weighted by atomic mass is 35.5. The number of nitrogens with zero attached hydrogens (tertiary/aromatic N) is 4. The Bertz CT molecular complexity index is 1530. The molecule has 0 fully saturated rings. The summed E-state index contributed by atoms with van der Waals surface area (Å²) in [7, 11) is -5.56. The number of rotatable bonds is 4. The summed E-state index contributed by atoms with van der Waals surface area (Å²) in [5.74, 6) is 0. The van der Waals surface area contributed by atoms with Crippen LogP contribution in [0.1, 0.15) is 0 Å². The van der Waals surface area contributed by atoms with E-state index in [2.05, 4.69) is 10.2 Å². The zero-order chi connectivity index (χ0) is 24.0. The number of alkyl halides is 3. The lowest BCUT2D eigenvalue weighted by atomic mass is 10.2. The molecule has 0 aliphatic rings. The fraction of sp³-hybridized carbons (Fsp3) is 0.0500. The Balaban J connectivity index is 1.85. The Labute approximate surface area is 194 Å². The molecule has 0 radical (unpaired) electrons. The van der Waals surface area contributed by atoms with Gasteiger partial charge in [0.25, 0.3) is 9.84 Å². The summed E-state index contributed by atoms with van der Waals surface area (Å²) in [6, 6.07) is 11.6. The Hall–Kier alpha value is -3.15. The normalized spacial score (nSPS) is 12.2. The minimum absolute atomic E-state index is 0.00608. The van der Waals surface area contributed by atoms with Gasteiger partial charge >= 0.3 is 5.51 Å². The average molecular weight is 515 g/mol. The van der Waals surface area contributed by atoms with Crippen LogP contribution in [0.4, 0.5) is 13.2 Å². The molecule has 0 aliphatic carbocycles. The summed E-state index contributed by atoms with van der Waals surface area (Å²) >= 11 is 12.3. The quantitative estimate of drug-likeness (QED) is 0.394. The minimum atomic E-state index is -5.56. The number of halogens is 5. The fourth-order valence-corrected chi connectivity index (χ4v) is 4.16. The largest absolute Gasteiger partial charge is 0.501 e. The van der Waals surface area contributed by atoms with E-state index in [9.17, 15) is 26.4 Å².